The monoisotopic (exact) mass is 263 g/mol. The van der Waals surface area contributed by atoms with Crippen molar-refractivity contribution in [2.24, 2.45) is 5.92 Å². The second-order valence-electron chi connectivity index (χ2n) is 6.38. The minimum absolute atomic E-state index is 0.305. The third kappa shape index (κ3) is 2.43. The van der Waals surface area contributed by atoms with Gasteiger partial charge < -0.3 is 14.6 Å². The quantitative estimate of drug-likeness (QED) is 0.901. The molecule has 2 atom stereocenters. The van der Waals surface area contributed by atoms with E-state index in [0.29, 0.717) is 24.5 Å². The first-order valence-corrected chi connectivity index (χ1v) is 7.58. The Bertz CT molecular complexity index is 441. The molecule has 0 aliphatic carbocycles. The molecule has 4 heteroatoms. The molecule has 2 aliphatic heterocycles. The number of hydrogen-bond acceptors (Lipinski definition) is 3. The van der Waals surface area contributed by atoms with Gasteiger partial charge in [-0.15, -0.1) is 0 Å². The van der Waals surface area contributed by atoms with E-state index in [4.69, 9.17) is 4.98 Å². The summed E-state index contributed by atoms with van der Waals surface area (Å²) in [7, 11) is 0. The Morgan fingerprint density at radius 3 is 2.89 bits per heavy atom. The first-order chi connectivity index (χ1) is 9.19. The maximum atomic E-state index is 9.38. The first-order valence-electron chi connectivity index (χ1n) is 7.58. The van der Waals surface area contributed by atoms with Crippen molar-refractivity contribution in [1.82, 2.24) is 14.5 Å². The van der Waals surface area contributed by atoms with Gasteiger partial charge in [0.15, 0.2) is 0 Å². The molecule has 4 nitrogen and oxygen atoms in total. The molecule has 0 spiro atoms. The second kappa shape index (κ2) is 5.25. The van der Waals surface area contributed by atoms with Crippen LogP contribution in [0.25, 0.3) is 0 Å². The highest BCUT2D eigenvalue weighted by Crippen LogP contribution is 2.31. The van der Waals surface area contributed by atoms with Gasteiger partial charge in [-0.25, -0.2) is 4.98 Å². The Labute approximate surface area is 115 Å². The molecule has 106 valence electrons. The van der Waals surface area contributed by atoms with E-state index >= 15 is 0 Å². The van der Waals surface area contributed by atoms with Crippen molar-refractivity contribution in [2.45, 2.75) is 51.6 Å². The fourth-order valence-electron chi connectivity index (χ4n) is 3.48. The number of aromatic nitrogens is 2. The van der Waals surface area contributed by atoms with Gasteiger partial charge in [0.2, 0.25) is 0 Å². The minimum atomic E-state index is 0.305. The van der Waals surface area contributed by atoms with Crippen molar-refractivity contribution in [1.29, 1.82) is 0 Å². The summed E-state index contributed by atoms with van der Waals surface area (Å²) in [5.41, 5.74) is 1.36. The van der Waals surface area contributed by atoms with E-state index in [1.807, 2.05) is 0 Å². The fourth-order valence-corrected chi connectivity index (χ4v) is 3.48. The lowest BCUT2D eigenvalue weighted by Gasteiger charge is -2.25. The van der Waals surface area contributed by atoms with Gasteiger partial charge >= 0.3 is 0 Å². The van der Waals surface area contributed by atoms with Crippen molar-refractivity contribution >= 4 is 0 Å². The number of imidazole rings is 1. The summed E-state index contributed by atoms with van der Waals surface area (Å²) >= 11 is 0. The Kier molecular flexibility index (Phi) is 3.63. The lowest BCUT2D eigenvalue weighted by atomic mass is 9.98. The van der Waals surface area contributed by atoms with Crippen LogP contribution in [0.4, 0.5) is 0 Å². The smallest absolute Gasteiger partial charge is 0.113 e. The summed E-state index contributed by atoms with van der Waals surface area (Å²) in [6.45, 7) is 8.13. The lowest BCUT2D eigenvalue weighted by Crippen LogP contribution is -2.29. The number of aliphatic hydroxyl groups excluding tert-OH is 1. The van der Waals surface area contributed by atoms with Crippen LogP contribution in [0.3, 0.4) is 0 Å². The largest absolute Gasteiger partial charge is 0.396 e. The van der Waals surface area contributed by atoms with Gasteiger partial charge in [-0.1, -0.05) is 0 Å². The van der Waals surface area contributed by atoms with Crippen molar-refractivity contribution in [3.8, 4) is 0 Å². The lowest BCUT2D eigenvalue weighted by molar-refractivity contribution is 0.189. The molecule has 0 bridgehead atoms. The third-order valence-corrected chi connectivity index (χ3v) is 4.79. The summed E-state index contributed by atoms with van der Waals surface area (Å²) < 4.78 is 2.39. The number of aliphatic hydroxyl groups is 1. The van der Waals surface area contributed by atoms with Crippen LogP contribution >= 0.6 is 0 Å². The summed E-state index contributed by atoms with van der Waals surface area (Å²) in [4.78, 5) is 7.24. The molecule has 0 saturated carbocycles. The summed E-state index contributed by atoms with van der Waals surface area (Å²) in [6.07, 6.45) is 5.45. The van der Waals surface area contributed by atoms with Gasteiger partial charge in [0, 0.05) is 49.5 Å². The van der Waals surface area contributed by atoms with Gasteiger partial charge in [0.05, 0.1) is 0 Å². The summed E-state index contributed by atoms with van der Waals surface area (Å²) in [6, 6.07) is 0.631. The summed E-state index contributed by atoms with van der Waals surface area (Å²) in [5.74, 6) is 2.26. The Morgan fingerprint density at radius 2 is 2.21 bits per heavy atom. The molecule has 3 rings (SSSR count). The predicted octanol–water partition coefficient (Wildman–Crippen LogP) is 1.64. The van der Waals surface area contributed by atoms with Gasteiger partial charge in [-0.3, -0.25) is 0 Å². The normalized spacial score (nSPS) is 28.0. The highest BCUT2D eigenvalue weighted by Gasteiger charge is 2.30. The molecule has 0 aromatic carbocycles. The topological polar surface area (TPSA) is 41.3 Å². The van der Waals surface area contributed by atoms with E-state index in [9.17, 15) is 5.11 Å². The Hall–Kier alpha value is -0.870. The van der Waals surface area contributed by atoms with Gasteiger partial charge in [0.1, 0.15) is 5.82 Å². The molecule has 19 heavy (non-hydrogen) atoms. The average Bonchev–Trinajstić information content (AvgIpc) is 3.03. The predicted molar refractivity (Wildman–Crippen MR) is 75.2 cm³/mol. The van der Waals surface area contributed by atoms with E-state index in [2.05, 4.69) is 29.5 Å². The Morgan fingerprint density at radius 1 is 1.37 bits per heavy atom. The zero-order valence-corrected chi connectivity index (χ0v) is 12.0. The van der Waals surface area contributed by atoms with Crippen LogP contribution in [0.2, 0.25) is 0 Å². The van der Waals surface area contributed by atoms with E-state index in [1.54, 1.807) is 0 Å². The van der Waals surface area contributed by atoms with Crippen molar-refractivity contribution in [3.05, 3.63) is 17.7 Å². The molecular weight excluding hydrogens is 238 g/mol. The minimum Gasteiger partial charge on any atom is -0.396 e. The second-order valence-corrected chi connectivity index (χ2v) is 6.38. The highest BCUT2D eigenvalue weighted by molar-refractivity contribution is 5.14. The standard InChI is InChI=1S/C15H25N3O/c1-11(2)17-6-5-13(9-17)15-16-7-14-4-3-12(10-19)8-18(14)15/h7,11-13,19H,3-6,8-10H2,1-2H3. The first kappa shape index (κ1) is 13.1. The van der Waals surface area contributed by atoms with Crippen LogP contribution in [-0.4, -0.2) is 45.3 Å². The number of hydrogen-bond donors (Lipinski definition) is 1. The molecule has 2 unspecified atom stereocenters. The molecular formula is C15H25N3O. The van der Waals surface area contributed by atoms with Crippen LogP contribution in [0, 0.1) is 5.92 Å². The van der Waals surface area contributed by atoms with Crippen LogP contribution in [0.1, 0.15) is 44.1 Å². The number of aryl methyl sites for hydroxylation is 1. The average molecular weight is 263 g/mol. The molecule has 1 aromatic heterocycles. The zero-order chi connectivity index (χ0) is 13.4. The van der Waals surface area contributed by atoms with E-state index < -0.39 is 0 Å². The highest BCUT2D eigenvalue weighted by atomic mass is 16.3. The molecule has 1 N–H and O–H groups in total. The van der Waals surface area contributed by atoms with Crippen LogP contribution in [0.5, 0.6) is 0 Å². The molecule has 1 fully saturated rings. The number of likely N-dealkylation sites (tertiary alicyclic amines) is 1. The number of rotatable bonds is 3. The Balaban J connectivity index is 1.78. The maximum Gasteiger partial charge on any atom is 0.113 e. The van der Waals surface area contributed by atoms with Crippen LogP contribution < -0.4 is 0 Å². The van der Waals surface area contributed by atoms with E-state index in [0.717, 1.165) is 25.9 Å². The third-order valence-electron chi connectivity index (χ3n) is 4.79. The van der Waals surface area contributed by atoms with Crippen molar-refractivity contribution < 1.29 is 5.11 Å². The summed E-state index contributed by atoms with van der Waals surface area (Å²) in [5, 5.41) is 9.38. The van der Waals surface area contributed by atoms with E-state index in [-0.39, 0.29) is 0 Å². The maximum absolute atomic E-state index is 9.38. The molecule has 1 aromatic rings. The number of nitrogens with zero attached hydrogens (tertiary/aromatic N) is 3. The number of fused-ring (bicyclic) bond motifs is 1. The zero-order valence-electron chi connectivity index (χ0n) is 12.0. The van der Waals surface area contributed by atoms with Crippen LogP contribution in [0.15, 0.2) is 6.20 Å². The van der Waals surface area contributed by atoms with E-state index in [1.165, 1.54) is 24.5 Å². The van der Waals surface area contributed by atoms with Gasteiger partial charge in [-0.2, -0.15) is 0 Å². The molecule has 0 amide bonds. The van der Waals surface area contributed by atoms with Gasteiger partial charge in [-0.05, 0) is 39.7 Å². The van der Waals surface area contributed by atoms with Gasteiger partial charge in [0.25, 0.3) is 0 Å². The van der Waals surface area contributed by atoms with Crippen LogP contribution in [-0.2, 0) is 13.0 Å². The molecule has 3 heterocycles. The SMILES string of the molecule is CC(C)N1CCC(c2ncc3n2CC(CO)CC3)C1. The van der Waals surface area contributed by atoms with Crippen molar-refractivity contribution in [3.63, 3.8) is 0 Å². The fraction of sp³-hybridized carbons (Fsp3) is 0.800. The van der Waals surface area contributed by atoms with Crippen molar-refractivity contribution in [2.75, 3.05) is 19.7 Å². The molecule has 0 radical (unpaired) electrons. The molecule has 1 saturated heterocycles. The molecule has 2 aliphatic rings.